The maximum absolute atomic E-state index is 11.9. The maximum Gasteiger partial charge on any atom is 0.390 e. The van der Waals surface area contributed by atoms with Gasteiger partial charge in [0, 0.05) is 18.0 Å². The Bertz CT molecular complexity index is 393. The quantitative estimate of drug-likeness (QED) is 0.833. The molecule has 0 aliphatic heterocycles. The number of carbonyl (C=O) groups is 1. The van der Waals surface area contributed by atoms with E-state index < -0.39 is 25.0 Å². The summed E-state index contributed by atoms with van der Waals surface area (Å²) >= 11 is 5.59. The second-order valence-corrected chi connectivity index (χ2v) is 3.72. The third kappa shape index (κ3) is 5.08. The van der Waals surface area contributed by atoms with Gasteiger partial charge in [0.2, 0.25) is 0 Å². The van der Waals surface area contributed by atoms with Crippen LogP contribution in [0, 0.1) is 0 Å². The van der Waals surface area contributed by atoms with Gasteiger partial charge in [-0.1, -0.05) is 12.1 Å². The van der Waals surface area contributed by atoms with Crippen molar-refractivity contribution in [2.45, 2.75) is 18.5 Å². The van der Waals surface area contributed by atoms with Crippen LogP contribution in [0.2, 0.25) is 0 Å². The standard InChI is InChI=1S/C11H11ClF3NO/c12-7-8-2-1-3-9(6-8)10(17)16-5-4-11(13,14)15/h1-3,6H,4-5,7H2,(H,16,17). The Morgan fingerprint density at radius 2 is 2.06 bits per heavy atom. The largest absolute Gasteiger partial charge is 0.390 e. The molecule has 0 saturated heterocycles. The molecule has 94 valence electrons. The summed E-state index contributed by atoms with van der Waals surface area (Å²) in [6.45, 7) is -0.423. The SMILES string of the molecule is O=C(NCCC(F)(F)F)c1cccc(CCl)c1. The summed E-state index contributed by atoms with van der Waals surface area (Å²) in [5, 5.41) is 2.20. The molecule has 0 aliphatic rings. The molecule has 1 rings (SSSR count). The van der Waals surface area contributed by atoms with Crippen LogP contribution in [-0.4, -0.2) is 18.6 Å². The van der Waals surface area contributed by atoms with E-state index in [1.807, 2.05) is 0 Å². The van der Waals surface area contributed by atoms with Crippen LogP contribution in [0.1, 0.15) is 22.3 Å². The highest BCUT2D eigenvalue weighted by Gasteiger charge is 2.26. The summed E-state index contributed by atoms with van der Waals surface area (Å²) in [6.07, 6.45) is -5.29. The number of halogens is 4. The first-order valence-corrected chi connectivity index (χ1v) is 5.45. The normalized spacial score (nSPS) is 11.3. The van der Waals surface area contributed by atoms with E-state index in [4.69, 9.17) is 11.6 Å². The lowest BCUT2D eigenvalue weighted by Crippen LogP contribution is -2.27. The van der Waals surface area contributed by atoms with Crippen LogP contribution >= 0.6 is 11.6 Å². The molecule has 0 fully saturated rings. The van der Waals surface area contributed by atoms with Crippen molar-refractivity contribution in [1.82, 2.24) is 5.32 Å². The second kappa shape index (κ2) is 5.91. The molecule has 0 saturated carbocycles. The number of benzene rings is 1. The van der Waals surface area contributed by atoms with Crippen LogP contribution in [0.5, 0.6) is 0 Å². The second-order valence-electron chi connectivity index (χ2n) is 3.46. The summed E-state index contributed by atoms with van der Waals surface area (Å²) in [4.78, 5) is 11.5. The summed E-state index contributed by atoms with van der Waals surface area (Å²) in [6, 6.07) is 6.45. The molecule has 0 unspecified atom stereocenters. The van der Waals surface area contributed by atoms with Crippen molar-refractivity contribution < 1.29 is 18.0 Å². The third-order valence-corrected chi connectivity index (χ3v) is 2.35. The molecule has 0 aromatic heterocycles. The third-order valence-electron chi connectivity index (χ3n) is 2.04. The lowest BCUT2D eigenvalue weighted by Gasteiger charge is -2.08. The fourth-order valence-electron chi connectivity index (χ4n) is 1.22. The van der Waals surface area contributed by atoms with E-state index in [1.54, 1.807) is 18.2 Å². The summed E-state index contributed by atoms with van der Waals surface area (Å²) in [7, 11) is 0. The first-order valence-electron chi connectivity index (χ1n) is 4.92. The number of hydrogen-bond acceptors (Lipinski definition) is 1. The number of carbonyl (C=O) groups excluding carboxylic acids is 1. The topological polar surface area (TPSA) is 29.1 Å². The highest BCUT2D eigenvalue weighted by atomic mass is 35.5. The molecule has 0 heterocycles. The molecule has 0 spiro atoms. The molecule has 1 aromatic rings. The molecule has 6 heteroatoms. The number of amides is 1. The van der Waals surface area contributed by atoms with Crippen molar-refractivity contribution in [3.05, 3.63) is 35.4 Å². The van der Waals surface area contributed by atoms with Crippen LogP contribution in [0.4, 0.5) is 13.2 Å². The van der Waals surface area contributed by atoms with Gasteiger partial charge in [-0.2, -0.15) is 13.2 Å². The van der Waals surface area contributed by atoms with E-state index in [0.717, 1.165) is 5.56 Å². The highest BCUT2D eigenvalue weighted by Crippen LogP contribution is 2.18. The monoisotopic (exact) mass is 265 g/mol. The van der Waals surface area contributed by atoms with Gasteiger partial charge in [-0.15, -0.1) is 11.6 Å². The van der Waals surface area contributed by atoms with Gasteiger partial charge in [0.1, 0.15) is 0 Å². The Morgan fingerprint density at radius 3 is 2.65 bits per heavy atom. The average Bonchev–Trinajstić information content (AvgIpc) is 2.27. The smallest absolute Gasteiger partial charge is 0.352 e. The summed E-state index contributed by atoms with van der Waals surface area (Å²) in [5.74, 6) is -0.273. The number of rotatable bonds is 4. The van der Waals surface area contributed by atoms with Crippen LogP contribution < -0.4 is 5.32 Å². The van der Waals surface area contributed by atoms with Crippen molar-refractivity contribution in [2.75, 3.05) is 6.54 Å². The molecule has 1 N–H and O–H groups in total. The Labute approximate surface area is 102 Å². The minimum absolute atomic E-state index is 0.254. The van der Waals surface area contributed by atoms with E-state index >= 15 is 0 Å². The first kappa shape index (κ1) is 13.8. The van der Waals surface area contributed by atoms with E-state index in [1.165, 1.54) is 6.07 Å². The van der Waals surface area contributed by atoms with E-state index in [0.29, 0.717) is 5.56 Å². The summed E-state index contributed by atoms with van der Waals surface area (Å²) in [5.41, 5.74) is 1.06. The van der Waals surface area contributed by atoms with E-state index in [9.17, 15) is 18.0 Å². The van der Waals surface area contributed by atoms with Gasteiger partial charge < -0.3 is 5.32 Å². The van der Waals surface area contributed by atoms with Crippen molar-refractivity contribution in [1.29, 1.82) is 0 Å². The zero-order valence-corrected chi connectivity index (χ0v) is 9.61. The molecule has 1 aromatic carbocycles. The van der Waals surface area contributed by atoms with Gasteiger partial charge in [0.05, 0.1) is 6.42 Å². The zero-order valence-electron chi connectivity index (χ0n) is 8.85. The predicted molar refractivity (Wildman–Crippen MR) is 59.0 cm³/mol. The van der Waals surface area contributed by atoms with Crippen molar-refractivity contribution in [3.8, 4) is 0 Å². The van der Waals surface area contributed by atoms with E-state index in [-0.39, 0.29) is 5.88 Å². The fraction of sp³-hybridized carbons (Fsp3) is 0.364. The molecule has 0 atom stereocenters. The molecular formula is C11H11ClF3NO. The minimum Gasteiger partial charge on any atom is -0.352 e. The van der Waals surface area contributed by atoms with Crippen LogP contribution in [0.25, 0.3) is 0 Å². The Balaban J connectivity index is 2.52. The van der Waals surface area contributed by atoms with Crippen molar-refractivity contribution in [3.63, 3.8) is 0 Å². The molecule has 17 heavy (non-hydrogen) atoms. The zero-order chi connectivity index (χ0) is 12.9. The summed E-state index contributed by atoms with van der Waals surface area (Å²) < 4.78 is 35.6. The molecule has 0 radical (unpaired) electrons. The fourth-order valence-corrected chi connectivity index (χ4v) is 1.38. The van der Waals surface area contributed by atoms with Gasteiger partial charge in [-0.3, -0.25) is 4.79 Å². The minimum atomic E-state index is -4.26. The number of hydrogen-bond donors (Lipinski definition) is 1. The van der Waals surface area contributed by atoms with Crippen LogP contribution in [-0.2, 0) is 5.88 Å². The number of alkyl halides is 4. The molecular weight excluding hydrogens is 255 g/mol. The van der Waals surface area contributed by atoms with Crippen LogP contribution in [0.3, 0.4) is 0 Å². The molecule has 0 aliphatic carbocycles. The van der Waals surface area contributed by atoms with Crippen LogP contribution in [0.15, 0.2) is 24.3 Å². The number of nitrogens with one attached hydrogen (secondary N) is 1. The molecule has 0 bridgehead atoms. The Hall–Kier alpha value is -1.23. The Morgan fingerprint density at radius 1 is 1.35 bits per heavy atom. The molecule has 1 amide bonds. The van der Waals surface area contributed by atoms with Gasteiger partial charge in [0.15, 0.2) is 0 Å². The van der Waals surface area contributed by atoms with Gasteiger partial charge >= 0.3 is 6.18 Å². The highest BCUT2D eigenvalue weighted by molar-refractivity contribution is 6.17. The van der Waals surface area contributed by atoms with Gasteiger partial charge in [-0.25, -0.2) is 0 Å². The lowest BCUT2D eigenvalue weighted by molar-refractivity contribution is -0.132. The Kier molecular flexibility index (Phi) is 4.81. The maximum atomic E-state index is 11.9. The average molecular weight is 266 g/mol. The first-order chi connectivity index (χ1) is 7.92. The lowest BCUT2D eigenvalue weighted by atomic mass is 10.1. The predicted octanol–water partition coefficient (Wildman–Crippen LogP) is 3.11. The van der Waals surface area contributed by atoms with Crippen molar-refractivity contribution >= 4 is 17.5 Å². The van der Waals surface area contributed by atoms with E-state index in [2.05, 4.69) is 5.32 Å². The van der Waals surface area contributed by atoms with Crippen molar-refractivity contribution in [2.24, 2.45) is 0 Å². The van der Waals surface area contributed by atoms with Gasteiger partial charge in [-0.05, 0) is 17.7 Å². The molecule has 2 nitrogen and oxygen atoms in total. The van der Waals surface area contributed by atoms with Gasteiger partial charge in [0.25, 0.3) is 5.91 Å².